The van der Waals surface area contributed by atoms with Gasteiger partial charge in [-0.3, -0.25) is 9.69 Å². The highest BCUT2D eigenvalue weighted by molar-refractivity contribution is 5.88. The van der Waals surface area contributed by atoms with Gasteiger partial charge in [-0.25, -0.2) is 0 Å². The molecular formula is C15H19NO3. The Labute approximate surface area is 113 Å². The zero-order valence-corrected chi connectivity index (χ0v) is 11.1. The Morgan fingerprint density at radius 1 is 1.37 bits per heavy atom. The molecule has 1 aromatic carbocycles. The first kappa shape index (κ1) is 12.5. The number of carbonyl (C=O) groups is 1. The van der Waals surface area contributed by atoms with E-state index in [-0.39, 0.29) is 17.7 Å². The highest BCUT2D eigenvalue weighted by Crippen LogP contribution is 2.33. The summed E-state index contributed by atoms with van der Waals surface area (Å²) in [6, 6.07) is 5.13. The van der Waals surface area contributed by atoms with Gasteiger partial charge in [-0.2, -0.15) is 0 Å². The fraction of sp³-hybridized carbons (Fsp3) is 0.533. The third kappa shape index (κ3) is 2.21. The molecule has 3 heterocycles. The topological polar surface area (TPSA) is 49.8 Å². The van der Waals surface area contributed by atoms with Gasteiger partial charge in [0.15, 0.2) is 5.78 Å². The van der Waals surface area contributed by atoms with Crippen LogP contribution < -0.4 is 4.74 Å². The lowest BCUT2D eigenvalue weighted by Crippen LogP contribution is -2.56. The summed E-state index contributed by atoms with van der Waals surface area (Å²) >= 11 is 0. The van der Waals surface area contributed by atoms with Gasteiger partial charge in [0.05, 0.1) is 13.2 Å². The van der Waals surface area contributed by atoms with Gasteiger partial charge in [-0.15, -0.1) is 0 Å². The van der Waals surface area contributed by atoms with Crippen molar-refractivity contribution in [1.82, 2.24) is 4.90 Å². The minimum atomic E-state index is -0.0643. The Balaban J connectivity index is 1.83. The molecule has 102 valence electrons. The van der Waals surface area contributed by atoms with Crippen LogP contribution in [0.5, 0.6) is 11.5 Å². The number of ether oxygens (including phenoxy) is 1. The SMILES string of the molecule is COc1ccc(O)c(CC2C(=O)C3CCN2CC3)c1. The average Bonchev–Trinajstić information content (AvgIpc) is 2.45. The number of phenols is 1. The lowest BCUT2D eigenvalue weighted by molar-refractivity contribution is -0.136. The summed E-state index contributed by atoms with van der Waals surface area (Å²) in [5, 5.41) is 9.93. The van der Waals surface area contributed by atoms with Crippen LogP contribution in [-0.2, 0) is 11.2 Å². The number of ketones is 1. The molecule has 0 aliphatic carbocycles. The first-order valence-corrected chi connectivity index (χ1v) is 6.82. The van der Waals surface area contributed by atoms with E-state index in [2.05, 4.69) is 4.90 Å². The molecule has 3 saturated heterocycles. The van der Waals surface area contributed by atoms with Gasteiger partial charge in [-0.1, -0.05) is 0 Å². The van der Waals surface area contributed by atoms with E-state index in [1.807, 2.05) is 6.07 Å². The quantitative estimate of drug-likeness (QED) is 0.898. The van der Waals surface area contributed by atoms with Crippen molar-refractivity contribution in [2.45, 2.75) is 25.3 Å². The molecule has 0 saturated carbocycles. The molecule has 3 aliphatic rings. The van der Waals surface area contributed by atoms with Crippen molar-refractivity contribution in [2.24, 2.45) is 5.92 Å². The molecule has 0 spiro atoms. The second-order valence-corrected chi connectivity index (χ2v) is 5.43. The molecule has 1 atom stereocenters. The molecule has 3 fully saturated rings. The monoisotopic (exact) mass is 261 g/mol. The van der Waals surface area contributed by atoms with E-state index in [9.17, 15) is 9.90 Å². The lowest BCUT2D eigenvalue weighted by Gasteiger charge is -2.44. The summed E-state index contributed by atoms with van der Waals surface area (Å²) in [4.78, 5) is 14.6. The Morgan fingerprint density at radius 3 is 2.74 bits per heavy atom. The number of hydrogen-bond acceptors (Lipinski definition) is 4. The minimum absolute atomic E-state index is 0.0643. The number of benzene rings is 1. The highest BCUT2D eigenvalue weighted by Gasteiger charge is 2.40. The number of piperidine rings is 3. The fourth-order valence-corrected chi connectivity index (χ4v) is 3.24. The molecular weight excluding hydrogens is 242 g/mol. The minimum Gasteiger partial charge on any atom is -0.508 e. The first-order chi connectivity index (χ1) is 9.19. The molecule has 4 rings (SSSR count). The second-order valence-electron chi connectivity index (χ2n) is 5.43. The maximum Gasteiger partial charge on any atom is 0.153 e. The van der Waals surface area contributed by atoms with E-state index in [0.29, 0.717) is 12.2 Å². The summed E-state index contributed by atoms with van der Waals surface area (Å²) in [6.45, 7) is 2.01. The van der Waals surface area contributed by atoms with Gasteiger partial charge >= 0.3 is 0 Å². The van der Waals surface area contributed by atoms with Crippen LogP contribution in [0.15, 0.2) is 18.2 Å². The van der Waals surface area contributed by atoms with Crippen LogP contribution in [0, 0.1) is 5.92 Å². The van der Waals surface area contributed by atoms with E-state index < -0.39 is 0 Å². The van der Waals surface area contributed by atoms with Crippen molar-refractivity contribution in [2.75, 3.05) is 20.2 Å². The van der Waals surface area contributed by atoms with Gasteiger partial charge in [0, 0.05) is 5.92 Å². The van der Waals surface area contributed by atoms with Crippen LogP contribution in [0.25, 0.3) is 0 Å². The van der Waals surface area contributed by atoms with E-state index in [1.165, 1.54) is 0 Å². The van der Waals surface area contributed by atoms with Crippen molar-refractivity contribution in [1.29, 1.82) is 0 Å². The van der Waals surface area contributed by atoms with Gasteiger partial charge < -0.3 is 9.84 Å². The highest BCUT2D eigenvalue weighted by atomic mass is 16.5. The Morgan fingerprint density at radius 2 is 2.11 bits per heavy atom. The van der Waals surface area contributed by atoms with Gasteiger partial charge in [0.1, 0.15) is 11.5 Å². The van der Waals surface area contributed by atoms with Crippen LogP contribution >= 0.6 is 0 Å². The Hall–Kier alpha value is -1.55. The third-order valence-corrected chi connectivity index (χ3v) is 4.40. The summed E-state index contributed by atoms with van der Waals surface area (Å²) in [5.41, 5.74) is 0.797. The predicted octanol–water partition coefficient (Wildman–Crippen LogP) is 1.61. The summed E-state index contributed by atoms with van der Waals surface area (Å²) < 4.78 is 5.18. The molecule has 1 unspecified atom stereocenters. The summed E-state index contributed by atoms with van der Waals surface area (Å²) in [6.07, 6.45) is 2.58. The third-order valence-electron chi connectivity index (χ3n) is 4.40. The molecule has 0 amide bonds. The smallest absolute Gasteiger partial charge is 0.153 e. The maximum absolute atomic E-state index is 12.3. The summed E-state index contributed by atoms with van der Waals surface area (Å²) in [7, 11) is 1.60. The lowest BCUT2D eigenvalue weighted by atomic mass is 9.80. The number of methoxy groups -OCH3 is 1. The number of aromatic hydroxyl groups is 1. The molecule has 1 N–H and O–H groups in total. The number of carbonyl (C=O) groups excluding carboxylic acids is 1. The zero-order valence-electron chi connectivity index (χ0n) is 11.1. The number of fused-ring (bicyclic) bond motifs is 3. The number of phenolic OH excluding ortho intramolecular Hbond substituents is 1. The molecule has 4 nitrogen and oxygen atoms in total. The van der Waals surface area contributed by atoms with E-state index in [0.717, 1.165) is 37.2 Å². The van der Waals surface area contributed by atoms with Crippen LogP contribution in [-0.4, -0.2) is 42.0 Å². The van der Waals surface area contributed by atoms with Crippen molar-refractivity contribution < 1.29 is 14.6 Å². The predicted molar refractivity (Wildman–Crippen MR) is 71.5 cm³/mol. The van der Waals surface area contributed by atoms with Gasteiger partial charge in [0.25, 0.3) is 0 Å². The maximum atomic E-state index is 12.3. The van der Waals surface area contributed by atoms with Crippen molar-refractivity contribution in [3.8, 4) is 11.5 Å². The Kier molecular flexibility index (Phi) is 3.19. The van der Waals surface area contributed by atoms with Crippen molar-refractivity contribution >= 4 is 5.78 Å². The van der Waals surface area contributed by atoms with Crippen LogP contribution in [0.1, 0.15) is 18.4 Å². The molecule has 2 bridgehead atoms. The van der Waals surface area contributed by atoms with Crippen molar-refractivity contribution in [3.63, 3.8) is 0 Å². The van der Waals surface area contributed by atoms with Crippen LogP contribution in [0.4, 0.5) is 0 Å². The fourth-order valence-electron chi connectivity index (χ4n) is 3.24. The second kappa shape index (κ2) is 4.85. The van der Waals surface area contributed by atoms with Gasteiger partial charge in [0.2, 0.25) is 0 Å². The number of Topliss-reactive ketones (excluding diaryl/α,β-unsaturated/α-hetero) is 1. The number of hydrogen-bond donors (Lipinski definition) is 1. The number of rotatable bonds is 3. The average molecular weight is 261 g/mol. The normalized spacial score (nSPS) is 29.5. The molecule has 3 aliphatic heterocycles. The molecule has 4 heteroatoms. The zero-order chi connectivity index (χ0) is 13.4. The Bertz CT molecular complexity index is 492. The van der Waals surface area contributed by atoms with Crippen molar-refractivity contribution in [3.05, 3.63) is 23.8 Å². The molecule has 19 heavy (non-hydrogen) atoms. The van der Waals surface area contributed by atoms with E-state index >= 15 is 0 Å². The standard InChI is InChI=1S/C15H19NO3/c1-19-12-2-3-14(17)11(8-12)9-13-15(18)10-4-6-16(13)7-5-10/h2-3,8,10,13,17H,4-7,9H2,1H3. The largest absolute Gasteiger partial charge is 0.508 e. The van der Waals surface area contributed by atoms with Crippen LogP contribution in [0.2, 0.25) is 0 Å². The van der Waals surface area contributed by atoms with Crippen LogP contribution in [0.3, 0.4) is 0 Å². The number of nitrogens with zero attached hydrogens (tertiary/aromatic N) is 1. The van der Waals surface area contributed by atoms with E-state index in [1.54, 1.807) is 19.2 Å². The molecule has 0 aromatic heterocycles. The summed E-state index contributed by atoms with van der Waals surface area (Å²) in [5.74, 6) is 1.55. The molecule has 0 radical (unpaired) electrons. The first-order valence-electron chi connectivity index (χ1n) is 6.82. The van der Waals surface area contributed by atoms with Gasteiger partial charge in [-0.05, 0) is 56.1 Å². The molecule has 1 aromatic rings. The van der Waals surface area contributed by atoms with E-state index in [4.69, 9.17) is 4.74 Å².